The molecule has 106 valence electrons. The highest BCUT2D eigenvalue weighted by molar-refractivity contribution is 5.17. The fourth-order valence-electron chi connectivity index (χ4n) is 3.20. The maximum absolute atomic E-state index is 6.40. The zero-order valence-electron chi connectivity index (χ0n) is 12.3. The van der Waals surface area contributed by atoms with Crippen LogP contribution in [0.1, 0.15) is 51.1 Å². The summed E-state index contributed by atoms with van der Waals surface area (Å²) >= 11 is 0. The minimum Gasteiger partial charge on any atom is -0.326 e. The molecule has 3 nitrogen and oxygen atoms in total. The third kappa shape index (κ3) is 3.54. The molecule has 0 spiro atoms. The SMILES string of the molecule is CCC1CCCN(C(c2ccncc2)C(N)CC)C1. The first-order chi connectivity index (χ1) is 9.26. The van der Waals surface area contributed by atoms with Gasteiger partial charge in [-0.25, -0.2) is 0 Å². The van der Waals surface area contributed by atoms with Crippen LogP contribution in [0.15, 0.2) is 24.5 Å². The van der Waals surface area contributed by atoms with Crippen molar-refractivity contribution in [3.05, 3.63) is 30.1 Å². The summed E-state index contributed by atoms with van der Waals surface area (Å²) in [5.74, 6) is 0.835. The Morgan fingerprint density at radius 2 is 2.11 bits per heavy atom. The third-order valence-electron chi connectivity index (χ3n) is 4.45. The molecule has 1 saturated heterocycles. The molecule has 2 rings (SSSR count). The quantitative estimate of drug-likeness (QED) is 0.886. The predicted molar refractivity (Wildman–Crippen MR) is 79.8 cm³/mol. The molecule has 19 heavy (non-hydrogen) atoms. The van der Waals surface area contributed by atoms with Crippen LogP contribution < -0.4 is 5.73 Å². The number of aromatic nitrogens is 1. The lowest BCUT2D eigenvalue weighted by Crippen LogP contribution is -2.45. The Hall–Kier alpha value is -0.930. The summed E-state index contributed by atoms with van der Waals surface area (Å²) < 4.78 is 0. The molecule has 1 aromatic rings. The van der Waals surface area contributed by atoms with Gasteiger partial charge in [0.15, 0.2) is 0 Å². The van der Waals surface area contributed by atoms with Crippen LogP contribution in [-0.2, 0) is 0 Å². The highest BCUT2D eigenvalue weighted by Gasteiger charge is 2.29. The van der Waals surface area contributed by atoms with E-state index in [9.17, 15) is 0 Å². The number of pyridine rings is 1. The molecule has 0 aromatic carbocycles. The van der Waals surface area contributed by atoms with Gasteiger partial charge >= 0.3 is 0 Å². The van der Waals surface area contributed by atoms with E-state index in [-0.39, 0.29) is 6.04 Å². The molecule has 3 heteroatoms. The summed E-state index contributed by atoms with van der Waals surface area (Å²) in [7, 11) is 0. The Bertz CT molecular complexity index is 366. The van der Waals surface area contributed by atoms with Crippen molar-refractivity contribution in [3.8, 4) is 0 Å². The highest BCUT2D eigenvalue weighted by atomic mass is 15.2. The van der Waals surface area contributed by atoms with Gasteiger partial charge in [-0.05, 0) is 49.4 Å². The van der Waals surface area contributed by atoms with Crippen molar-refractivity contribution in [2.24, 2.45) is 11.7 Å². The second-order valence-electron chi connectivity index (χ2n) is 5.71. The topological polar surface area (TPSA) is 42.2 Å². The van der Waals surface area contributed by atoms with Crippen molar-refractivity contribution in [2.45, 2.75) is 51.6 Å². The molecule has 2 heterocycles. The lowest BCUT2D eigenvalue weighted by molar-refractivity contribution is 0.104. The fraction of sp³-hybridized carbons (Fsp3) is 0.688. The van der Waals surface area contributed by atoms with E-state index in [1.807, 2.05) is 12.4 Å². The van der Waals surface area contributed by atoms with Gasteiger partial charge in [0, 0.05) is 31.0 Å². The fourth-order valence-corrected chi connectivity index (χ4v) is 3.20. The number of hydrogen-bond donors (Lipinski definition) is 1. The third-order valence-corrected chi connectivity index (χ3v) is 4.45. The van der Waals surface area contributed by atoms with Gasteiger partial charge in [0.1, 0.15) is 0 Å². The van der Waals surface area contributed by atoms with Gasteiger partial charge in [0.05, 0.1) is 0 Å². The van der Waals surface area contributed by atoms with E-state index in [2.05, 4.69) is 35.9 Å². The molecular formula is C16H27N3. The minimum absolute atomic E-state index is 0.206. The molecule has 2 N–H and O–H groups in total. The van der Waals surface area contributed by atoms with Crippen LogP contribution in [0.25, 0.3) is 0 Å². The maximum atomic E-state index is 6.40. The van der Waals surface area contributed by atoms with Gasteiger partial charge in [-0.3, -0.25) is 9.88 Å². The van der Waals surface area contributed by atoms with Gasteiger partial charge in [-0.1, -0.05) is 20.3 Å². The predicted octanol–water partition coefficient (Wildman–Crippen LogP) is 2.98. The Morgan fingerprint density at radius 1 is 1.37 bits per heavy atom. The second kappa shape index (κ2) is 7.01. The molecule has 3 unspecified atom stereocenters. The van der Waals surface area contributed by atoms with Crippen LogP contribution in [0.3, 0.4) is 0 Å². The van der Waals surface area contributed by atoms with Crippen molar-refractivity contribution >= 4 is 0 Å². The Kier molecular flexibility index (Phi) is 5.34. The second-order valence-corrected chi connectivity index (χ2v) is 5.71. The van der Waals surface area contributed by atoms with Crippen molar-refractivity contribution in [1.82, 2.24) is 9.88 Å². The first kappa shape index (κ1) is 14.5. The van der Waals surface area contributed by atoms with E-state index in [1.54, 1.807) is 0 Å². The Balaban J connectivity index is 2.18. The molecule has 3 atom stereocenters. The van der Waals surface area contributed by atoms with Gasteiger partial charge in [0.25, 0.3) is 0 Å². The molecular weight excluding hydrogens is 234 g/mol. The Labute approximate surface area is 117 Å². The normalized spacial score (nSPS) is 24.1. The molecule has 0 bridgehead atoms. The molecule has 0 saturated carbocycles. The maximum Gasteiger partial charge on any atom is 0.0500 e. The summed E-state index contributed by atoms with van der Waals surface area (Å²) in [6, 6.07) is 4.80. The van der Waals surface area contributed by atoms with Gasteiger partial charge in [0.2, 0.25) is 0 Å². The molecule has 1 aliphatic rings. The summed E-state index contributed by atoms with van der Waals surface area (Å²) in [6.45, 7) is 6.85. The van der Waals surface area contributed by atoms with Crippen LogP contribution in [-0.4, -0.2) is 29.0 Å². The number of nitrogens with zero attached hydrogens (tertiary/aromatic N) is 2. The first-order valence-corrected chi connectivity index (χ1v) is 7.65. The van der Waals surface area contributed by atoms with Gasteiger partial charge in [-0.2, -0.15) is 0 Å². The number of rotatable bonds is 5. The molecule has 0 radical (unpaired) electrons. The summed E-state index contributed by atoms with van der Waals surface area (Å²) in [5.41, 5.74) is 7.73. The zero-order valence-corrected chi connectivity index (χ0v) is 12.3. The molecule has 1 aliphatic heterocycles. The molecule has 1 fully saturated rings. The van der Waals surface area contributed by atoms with E-state index in [4.69, 9.17) is 5.73 Å². The largest absolute Gasteiger partial charge is 0.326 e. The van der Waals surface area contributed by atoms with Crippen LogP contribution >= 0.6 is 0 Å². The monoisotopic (exact) mass is 261 g/mol. The number of hydrogen-bond acceptors (Lipinski definition) is 3. The van der Waals surface area contributed by atoms with E-state index in [1.165, 1.54) is 37.9 Å². The van der Waals surface area contributed by atoms with E-state index >= 15 is 0 Å². The van der Waals surface area contributed by atoms with Crippen molar-refractivity contribution < 1.29 is 0 Å². The minimum atomic E-state index is 0.206. The molecule has 1 aromatic heterocycles. The summed E-state index contributed by atoms with van der Waals surface area (Å²) in [5, 5.41) is 0. The number of piperidine rings is 1. The molecule has 0 aliphatic carbocycles. The Morgan fingerprint density at radius 3 is 2.74 bits per heavy atom. The standard InChI is InChI=1S/C16H27N3/c1-3-13-6-5-11-19(12-13)16(15(17)4-2)14-7-9-18-10-8-14/h7-10,13,15-16H,3-6,11-12,17H2,1-2H3. The average Bonchev–Trinajstić information content (AvgIpc) is 2.48. The van der Waals surface area contributed by atoms with E-state index in [0.29, 0.717) is 6.04 Å². The highest BCUT2D eigenvalue weighted by Crippen LogP contribution is 2.30. The van der Waals surface area contributed by atoms with Crippen molar-refractivity contribution in [2.75, 3.05) is 13.1 Å². The number of likely N-dealkylation sites (tertiary alicyclic amines) is 1. The van der Waals surface area contributed by atoms with Gasteiger partial charge in [-0.15, -0.1) is 0 Å². The van der Waals surface area contributed by atoms with Crippen molar-refractivity contribution in [3.63, 3.8) is 0 Å². The van der Waals surface area contributed by atoms with Crippen LogP contribution in [0.2, 0.25) is 0 Å². The van der Waals surface area contributed by atoms with Crippen LogP contribution in [0.4, 0.5) is 0 Å². The number of nitrogens with two attached hydrogens (primary N) is 1. The van der Waals surface area contributed by atoms with Gasteiger partial charge < -0.3 is 5.73 Å². The summed E-state index contributed by atoms with van der Waals surface area (Å²) in [6.07, 6.45) is 8.73. The molecule has 0 amide bonds. The van der Waals surface area contributed by atoms with Crippen LogP contribution in [0.5, 0.6) is 0 Å². The summed E-state index contributed by atoms with van der Waals surface area (Å²) in [4.78, 5) is 6.73. The lowest BCUT2D eigenvalue weighted by Gasteiger charge is -2.40. The lowest BCUT2D eigenvalue weighted by atomic mass is 9.90. The van der Waals surface area contributed by atoms with Crippen molar-refractivity contribution in [1.29, 1.82) is 0 Å². The van der Waals surface area contributed by atoms with Crippen LogP contribution in [0, 0.1) is 5.92 Å². The zero-order chi connectivity index (χ0) is 13.7. The van der Waals surface area contributed by atoms with E-state index < -0.39 is 0 Å². The smallest absolute Gasteiger partial charge is 0.0500 e. The van der Waals surface area contributed by atoms with E-state index in [0.717, 1.165) is 12.3 Å². The first-order valence-electron chi connectivity index (χ1n) is 7.65. The average molecular weight is 261 g/mol.